The van der Waals surface area contributed by atoms with Gasteiger partial charge in [0.25, 0.3) is 0 Å². The number of pyridine rings is 1. The summed E-state index contributed by atoms with van der Waals surface area (Å²) < 4.78 is 1.86. The fourth-order valence-electron chi connectivity index (χ4n) is 2.15. The Bertz CT molecular complexity index is 813. The van der Waals surface area contributed by atoms with Crippen LogP contribution in [0.15, 0.2) is 30.5 Å². The van der Waals surface area contributed by atoms with Crippen molar-refractivity contribution in [2.45, 2.75) is 6.42 Å². The first-order valence-corrected chi connectivity index (χ1v) is 7.81. The van der Waals surface area contributed by atoms with Crippen LogP contribution in [0.3, 0.4) is 0 Å². The van der Waals surface area contributed by atoms with E-state index in [0.29, 0.717) is 38.5 Å². The molecule has 0 fully saturated rings. The molecule has 3 aromatic rings. The highest BCUT2D eigenvalue weighted by Gasteiger charge is 2.16. The van der Waals surface area contributed by atoms with Crippen molar-refractivity contribution >= 4 is 57.6 Å². The molecule has 108 valence electrons. The van der Waals surface area contributed by atoms with Crippen LogP contribution in [-0.4, -0.2) is 20.4 Å². The molecule has 0 saturated carbocycles. The normalized spacial score (nSPS) is 11.2. The summed E-state index contributed by atoms with van der Waals surface area (Å²) in [7, 11) is 0. The van der Waals surface area contributed by atoms with Crippen LogP contribution >= 0.6 is 46.4 Å². The molecule has 0 spiro atoms. The van der Waals surface area contributed by atoms with Gasteiger partial charge in [-0.25, -0.2) is 9.97 Å². The van der Waals surface area contributed by atoms with Crippen molar-refractivity contribution in [3.8, 4) is 5.69 Å². The molecule has 3 rings (SSSR count). The average Bonchev–Trinajstić information content (AvgIpc) is 2.79. The highest BCUT2D eigenvalue weighted by Crippen LogP contribution is 2.29. The van der Waals surface area contributed by atoms with Crippen molar-refractivity contribution < 1.29 is 0 Å². The number of nitrogens with zero attached hydrogens (tertiary/aromatic N) is 3. The van der Waals surface area contributed by atoms with Crippen molar-refractivity contribution in [1.29, 1.82) is 0 Å². The third-order valence-corrected chi connectivity index (χ3v) is 3.95. The van der Waals surface area contributed by atoms with Crippen LogP contribution < -0.4 is 0 Å². The van der Waals surface area contributed by atoms with E-state index in [-0.39, 0.29) is 0 Å². The van der Waals surface area contributed by atoms with E-state index in [0.717, 1.165) is 11.5 Å². The number of imidazole rings is 1. The SMILES string of the molecule is ClCCc1nc2cc(Cl)cnc2n1-c1cc(Cl)ccc1Cl. The van der Waals surface area contributed by atoms with E-state index in [1.807, 2.05) is 4.57 Å². The average molecular weight is 361 g/mol. The van der Waals surface area contributed by atoms with E-state index in [1.165, 1.54) is 0 Å². The lowest BCUT2D eigenvalue weighted by Gasteiger charge is -2.10. The Morgan fingerprint density at radius 2 is 1.86 bits per heavy atom. The lowest BCUT2D eigenvalue weighted by molar-refractivity contribution is 0.905. The summed E-state index contributed by atoms with van der Waals surface area (Å²) in [5.41, 5.74) is 2.09. The van der Waals surface area contributed by atoms with Gasteiger partial charge < -0.3 is 0 Å². The number of halogens is 4. The van der Waals surface area contributed by atoms with Gasteiger partial charge in [0.2, 0.25) is 0 Å². The predicted octanol–water partition coefficient (Wildman–Crippen LogP) is 5.16. The second-order valence-electron chi connectivity index (χ2n) is 4.39. The summed E-state index contributed by atoms with van der Waals surface area (Å²) in [5.74, 6) is 1.20. The molecular formula is C14H9Cl4N3. The zero-order valence-corrected chi connectivity index (χ0v) is 13.7. The number of hydrogen-bond acceptors (Lipinski definition) is 2. The van der Waals surface area contributed by atoms with Crippen LogP contribution in [0.25, 0.3) is 16.9 Å². The Morgan fingerprint density at radius 3 is 2.62 bits per heavy atom. The maximum absolute atomic E-state index is 6.30. The third kappa shape index (κ3) is 2.84. The maximum Gasteiger partial charge on any atom is 0.164 e. The quantitative estimate of drug-likeness (QED) is 0.604. The first kappa shape index (κ1) is 14.9. The molecule has 3 nitrogen and oxygen atoms in total. The Labute approximate surface area is 141 Å². The first-order valence-electron chi connectivity index (χ1n) is 6.14. The molecule has 7 heteroatoms. The highest BCUT2D eigenvalue weighted by molar-refractivity contribution is 6.34. The molecule has 0 unspecified atom stereocenters. The van der Waals surface area contributed by atoms with E-state index >= 15 is 0 Å². The minimum Gasteiger partial charge on any atom is -0.279 e. The van der Waals surface area contributed by atoms with Gasteiger partial charge in [0, 0.05) is 23.5 Å². The number of hydrogen-bond donors (Lipinski definition) is 0. The van der Waals surface area contributed by atoms with E-state index in [2.05, 4.69) is 9.97 Å². The summed E-state index contributed by atoms with van der Waals surface area (Å²) in [6.07, 6.45) is 2.16. The van der Waals surface area contributed by atoms with Gasteiger partial charge >= 0.3 is 0 Å². The smallest absolute Gasteiger partial charge is 0.164 e. The molecule has 2 heterocycles. The van der Waals surface area contributed by atoms with Crippen LogP contribution in [0.5, 0.6) is 0 Å². The molecule has 0 radical (unpaired) electrons. The van der Waals surface area contributed by atoms with Crippen molar-refractivity contribution in [2.75, 3.05) is 5.88 Å². The summed E-state index contributed by atoms with van der Waals surface area (Å²) in [6.45, 7) is 0. The van der Waals surface area contributed by atoms with Gasteiger partial charge in [0.15, 0.2) is 5.65 Å². The Morgan fingerprint density at radius 1 is 1.05 bits per heavy atom. The van der Waals surface area contributed by atoms with Crippen molar-refractivity contribution in [3.05, 3.63) is 51.4 Å². The molecular weight excluding hydrogens is 352 g/mol. The number of aryl methyl sites for hydroxylation is 1. The number of aromatic nitrogens is 3. The lowest BCUT2D eigenvalue weighted by atomic mass is 10.3. The molecule has 0 saturated heterocycles. The second kappa shape index (κ2) is 6.01. The second-order valence-corrected chi connectivity index (χ2v) is 6.05. The van der Waals surface area contributed by atoms with Crippen LogP contribution in [0, 0.1) is 0 Å². The van der Waals surface area contributed by atoms with Gasteiger partial charge in [-0.2, -0.15) is 0 Å². The van der Waals surface area contributed by atoms with Crippen LogP contribution in [0.4, 0.5) is 0 Å². The Balaban J connectivity index is 2.33. The van der Waals surface area contributed by atoms with Crippen molar-refractivity contribution in [3.63, 3.8) is 0 Å². The number of fused-ring (bicyclic) bond motifs is 1. The molecule has 2 aromatic heterocycles. The topological polar surface area (TPSA) is 30.7 Å². The zero-order chi connectivity index (χ0) is 15.0. The van der Waals surface area contributed by atoms with E-state index in [9.17, 15) is 0 Å². The van der Waals surface area contributed by atoms with Gasteiger partial charge in [-0.05, 0) is 24.3 Å². The molecule has 0 aliphatic carbocycles. The standard InChI is InChI=1S/C14H9Cl4N3/c15-4-3-13-20-11-5-9(17)7-19-14(11)21(13)12-6-8(16)1-2-10(12)18/h1-2,5-7H,3-4H2. The van der Waals surface area contributed by atoms with Gasteiger partial charge in [-0.15, -0.1) is 11.6 Å². The summed E-state index contributed by atoms with van der Waals surface area (Å²) in [5, 5.41) is 1.68. The molecule has 0 N–H and O–H groups in total. The van der Waals surface area contributed by atoms with Gasteiger partial charge in [0.05, 0.1) is 15.7 Å². The largest absolute Gasteiger partial charge is 0.279 e. The maximum atomic E-state index is 6.30. The summed E-state index contributed by atoms with van der Waals surface area (Å²) in [4.78, 5) is 8.89. The zero-order valence-electron chi connectivity index (χ0n) is 10.7. The molecule has 21 heavy (non-hydrogen) atoms. The Kier molecular flexibility index (Phi) is 4.27. The fraction of sp³-hybridized carbons (Fsp3) is 0.143. The number of benzene rings is 1. The van der Waals surface area contributed by atoms with Gasteiger partial charge in [-0.1, -0.05) is 34.8 Å². The third-order valence-electron chi connectivity index (χ3n) is 3.00. The van der Waals surface area contributed by atoms with Crippen molar-refractivity contribution in [1.82, 2.24) is 14.5 Å². The molecule has 0 bridgehead atoms. The fourth-order valence-corrected chi connectivity index (χ4v) is 2.84. The van der Waals surface area contributed by atoms with E-state index in [4.69, 9.17) is 46.4 Å². The van der Waals surface area contributed by atoms with E-state index in [1.54, 1.807) is 30.5 Å². The number of alkyl halides is 1. The molecule has 0 aliphatic heterocycles. The minimum absolute atomic E-state index is 0.440. The van der Waals surface area contributed by atoms with Crippen LogP contribution in [-0.2, 0) is 6.42 Å². The predicted molar refractivity (Wildman–Crippen MR) is 88.3 cm³/mol. The van der Waals surface area contributed by atoms with Crippen LogP contribution in [0.1, 0.15) is 5.82 Å². The minimum atomic E-state index is 0.440. The first-order chi connectivity index (χ1) is 10.1. The van der Waals surface area contributed by atoms with E-state index < -0.39 is 0 Å². The molecule has 0 aliphatic rings. The molecule has 0 atom stereocenters. The van der Waals surface area contributed by atoms with Crippen LogP contribution in [0.2, 0.25) is 15.1 Å². The van der Waals surface area contributed by atoms with Crippen molar-refractivity contribution in [2.24, 2.45) is 0 Å². The lowest BCUT2D eigenvalue weighted by Crippen LogP contribution is -2.03. The summed E-state index contributed by atoms with van der Waals surface area (Å²) in [6, 6.07) is 7.01. The molecule has 1 aromatic carbocycles. The number of rotatable bonds is 3. The van der Waals surface area contributed by atoms with Gasteiger partial charge in [-0.3, -0.25) is 4.57 Å². The monoisotopic (exact) mass is 359 g/mol. The highest BCUT2D eigenvalue weighted by atomic mass is 35.5. The Hall–Kier alpha value is -1.000. The van der Waals surface area contributed by atoms with Gasteiger partial charge in [0.1, 0.15) is 11.3 Å². The summed E-state index contributed by atoms with van der Waals surface area (Å²) >= 11 is 24.2. The molecule has 0 amide bonds.